The summed E-state index contributed by atoms with van der Waals surface area (Å²) in [6.07, 6.45) is 13.6. The van der Waals surface area contributed by atoms with Gasteiger partial charge < -0.3 is 0 Å². The van der Waals surface area contributed by atoms with Crippen molar-refractivity contribution in [2.45, 2.75) is 114 Å². The molecule has 0 aromatic heterocycles. The van der Waals surface area contributed by atoms with Crippen LogP contribution in [0.25, 0.3) is 0 Å². The van der Waals surface area contributed by atoms with Gasteiger partial charge in [0.2, 0.25) is 0 Å². The van der Waals surface area contributed by atoms with Gasteiger partial charge in [0.05, 0.1) is 3.42 Å². The Morgan fingerprint density at radius 1 is 1.03 bits per heavy atom. The van der Waals surface area contributed by atoms with Crippen molar-refractivity contribution in [2.75, 3.05) is 0 Å². The van der Waals surface area contributed by atoms with Crippen molar-refractivity contribution in [3.63, 3.8) is 0 Å². The van der Waals surface area contributed by atoms with Gasteiger partial charge in [-0.25, -0.2) is 0 Å². The average molecular weight is 547 g/mol. The molecule has 9 atom stereocenters. The molecule has 0 aliphatic heterocycles. The summed E-state index contributed by atoms with van der Waals surface area (Å²) in [6.45, 7) is 12.3. The standard InChI is InChI=1S/C27H44ClIO/c1-17(2)7-6-8-18(3)21-9-10-22-20-15-24(30)27(29)16-19(28)11-14-26(27,5)23(20)12-13-25(21,22)4/h17-23H,6-16H2,1-5H3/t18-,19+,20+,21-,22+,23+,25-,26-,27+/m1/s1. The minimum Gasteiger partial charge on any atom is -0.298 e. The third-order valence-corrected chi connectivity index (χ3v) is 13.4. The molecule has 4 aliphatic carbocycles. The first-order valence-corrected chi connectivity index (χ1v) is 14.4. The van der Waals surface area contributed by atoms with Crippen molar-refractivity contribution in [2.24, 2.45) is 46.3 Å². The van der Waals surface area contributed by atoms with Crippen LogP contribution in [0.3, 0.4) is 0 Å². The maximum atomic E-state index is 13.6. The minimum absolute atomic E-state index is 0.154. The maximum absolute atomic E-state index is 13.6. The number of rotatable bonds is 5. The Morgan fingerprint density at radius 2 is 1.77 bits per heavy atom. The van der Waals surface area contributed by atoms with E-state index in [2.05, 4.69) is 57.2 Å². The number of carbonyl (C=O) groups is 1. The van der Waals surface area contributed by atoms with Crippen molar-refractivity contribution in [3.05, 3.63) is 0 Å². The highest BCUT2D eigenvalue weighted by Crippen LogP contribution is 2.70. The van der Waals surface area contributed by atoms with Crippen molar-refractivity contribution < 1.29 is 4.79 Å². The van der Waals surface area contributed by atoms with Crippen LogP contribution in [0.15, 0.2) is 0 Å². The molecule has 30 heavy (non-hydrogen) atoms. The average Bonchev–Trinajstić information content (AvgIpc) is 3.01. The molecule has 1 nitrogen and oxygen atoms in total. The first kappa shape index (κ1) is 23.8. The Labute approximate surface area is 204 Å². The fourth-order valence-corrected chi connectivity index (χ4v) is 11.0. The van der Waals surface area contributed by atoms with Crippen molar-refractivity contribution in [3.8, 4) is 0 Å². The minimum atomic E-state index is -0.216. The smallest absolute Gasteiger partial charge is 0.149 e. The molecule has 0 N–H and O–H groups in total. The van der Waals surface area contributed by atoms with E-state index in [-0.39, 0.29) is 14.2 Å². The molecule has 0 bridgehead atoms. The van der Waals surface area contributed by atoms with Gasteiger partial charge in [0.15, 0.2) is 0 Å². The Morgan fingerprint density at radius 3 is 2.47 bits per heavy atom. The summed E-state index contributed by atoms with van der Waals surface area (Å²) in [5.41, 5.74) is 0.616. The molecule has 0 heterocycles. The van der Waals surface area contributed by atoms with Crippen LogP contribution in [0, 0.1) is 46.3 Å². The fraction of sp³-hybridized carbons (Fsp3) is 0.963. The monoisotopic (exact) mass is 546 g/mol. The number of alkyl halides is 2. The first-order valence-electron chi connectivity index (χ1n) is 12.9. The zero-order chi connectivity index (χ0) is 21.9. The van der Waals surface area contributed by atoms with Gasteiger partial charge in [0, 0.05) is 11.8 Å². The topological polar surface area (TPSA) is 17.1 Å². The SMILES string of the molecule is CC(C)CCC[C@@H](C)[C@H]1CC[C@H]2[C@@H]3CC(=O)[C@@]4(I)C[C@@H](Cl)CC[C@]4(C)[C@H]3CC[C@]12C. The number of carbonyl (C=O) groups excluding carboxylic acids is 1. The summed E-state index contributed by atoms with van der Waals surface area (Å²) >= 11 is 9.16. The molecule has 0 spiro atoms. The van der Waals surface area contributed by atoms with Gasteiger partial charge in [-0.3, -0.25) is 4.79 Å². The second kappa shape index (κ2) is 8.48. The predicted molar refractivity (Wildman–Crippen MR) is 136 cm³/mol. The fourth-order valence-electron chi connectivity index (χ4n) is 8.97. The summed E-state index contributed by atoms with van der Waals surface area (Å²) in [5, 5.41) is 0.187. The van der Waals surface area contributed by atoms with Gasteiger partial charge in [-0.15, -0.1) is 11.6 Å². The lowest BCUT2D eigenvalue weighted by atomic mass is 9.44. The zero-order valence-electron chi connectivity index (χ0n) is 20.0. The summed E-state index contributed by atoms with van der Waals surface area (Å²) in [6, 6.07) is 0. The molecule has 172 valence electrons. The Balaban J connectivity index is 1.54. The van der Waals surface area contributed by atoms with E-state index in [0.29, 0.717) is 17.1 Å². The van der Waals surface area contributed by atoms with Crippen LogP contribution >= 0.6 is 34.2 Å². The molecule has 3 heteroatoms. The van der Waals surface area contributed by atoms with E-state index in [1.165, 1.54) is 44.9 Å². The molecule has 4 aliphatic rings. The van der Waals surface area contributed by atoms with E-state index >= 15 is 0 Å². The number of hydrogen-bond donors (Lipinski definition) is 0. The van der Waals surface area contributed by atoms with Gasteiger partial charge in [-0.05, 0) is 91.3 Å². The van der Waals surface area contributed by atoms with Crippen LogP contribution in [-0.2, 0) is 4.79 Å². The highest BCUT2D eigenvalue weighted by molar-refractivity contribution is 14.1. The van der Waals surface area contributed by atoms with E-state index in [1.54, 1.807) is 0 Å². The van der Waals surface area contributed by atoms with E-state index in [1.807, 2.05) is 0 Å². The lowest BCUT2D eigenvalue weighted by molar-refractivity contribution is -0.146. The van der Waals surface area contributed by atoms with Crippen LogP contribution in [0.5, 0.6) is 0 Å². The van der Waals surface area contributed by atoms with E-state index in [4.69, 9.17) is 11.6 Å². The third-order valence-electron chi connectivity index (χ3n) is 10.7. The molecule has 0 amide bonds. The van der Waals surface area contributed by atoms with Crippen LogP contribution in [0.4, 0.5) is 0 Å². The normalized spacial score (nSPS) is 49.5. The molecule has 0 unspecified atom stereocenters. The molecular weight excluding hydrogens is 503 g/mol. The molecule has 4 rings (SSSR count). The van der Waals surface area contributed by atoms with E-state index in [9.17, 15) is 4.79 Å². The second-order valence-electron chi connectivity index (χ2n) is 12.6. The molecule has 0 aromatic rings. The second-order valence-corrected chi connectivity index (χ2v) is 15.1. The maximum Gasteiger partial charge on any atom is 0.149 e. The number of ketones is 1. The van der Waals surface area contributed by atoms with Crippen LogP contribution < -0.4 is 0 Å². The van der Waals surface area contributed by atoms with Crippen molar-refractivity contribution in [1.29, 1.82) is 0 Å². The van der Waals surface area contributed by atoms with Gasteiger partial charge >= 0.3 is 0 Å². The molecule has 0 radical (unpaired) electrons. The summed E-state index contributed by atoms with van der Waals surface area (Å²) in [7, 11) is 0. The van der Waals surface area contributed by atoms with Crippen molar-refractivity contribution in [1.82, 2.24) is 0 Å². The molecule has 4 saturated carbocycles. The number of Topliss-reactive ketones (excluding diaryl/α,β-unsaturated/α-hetero) is 1. The van der Waals surface area contributed by atoms with Gasteiger partial charge in [0.1, 0.15) is 5.78 Å². The number of fused-ring (bicyclic) bond motifs is 5. The molecule has 0 saturated heterocycles. The highest BCUT2D eigenvalue weighted by atomic mass is 127. The highest BCUT2D eigenvalue weighted by Gasteiger charge is 2.67. The van der Waals surface area contributed by atoms with Gasteiger partial charge in [-0.1, -0.05) is 76.5 Å². The lowest BCUT2D eigenvalue weighted by Gasteiger charge is -2.63. The number of halogens is 2. The van der Waals surface area contributed by atoms with E-state index < -0.39 is 0 Å². The third kappa shape index (κ3) is 3.64. The van der Waals surface area contributed by atoms with Gasteiger partial charge in [-0.2, -0.15) is 0 Å². The number of hydrogen-bond acceptors (Lipinski definition) is 1. The quantitative estimate of drug-likeness (QED) is 0.250. The van der Waals surface area contributed by atoms with Crippen LogP contribution in [0.1, 0.15) is 105 Å². The van der Waals surface area contributed by atoms with Gasteiger partial charge in [0.25, 0.3) is 0 Å². The van der Waals surface area contributed by atoms with Crippen molar-refractivity contribution >= 4 is 40.0 Å². The van der Waals surface area contributed by atoms with E-state index in [0.717, 1.165) is 55.3 Å². The Bertz CT molecular complexity index is 663. The molecule has 4 fully saturated rings. The van der Waals surface area contributed by atoms with Crippen LogP contribution in [-0.4, -0.2) is 14.6 Å². The van der Waals surface area contributed by atoms with Crippen LogP contribution in [0.2, 0.25) is 0 Å². The largest absolute Gasteiger partial charge is 0.298 e. The zero-order valence-corrected chi connectivity index (χ0v) is 22.9. The molecular formula is C27H44ClIO. The Hall–Kier alpha value is 0.690. The predicted octanol–water partition coefficient (Wildman–Crippen LogP) is 8.45. The molecule has 0 aromatic carbocycles. The summed E-state index contributed by atoms with van der Waals surface area (Å²) in [4.78, 5) is 13.6. The summed E-state index contributed by atoms with van der Waals surface area (Å²) in [5.74, 6) is 5.18. The summed E-state index contributed by atoms with van der Waals surface area (Å²) < 4.78 is -0.216. The lowest BCUT2D eigenvalue weighted by Crippen LogP contribution is -2.64. The Kier molecular flexibility index (Phi) is 6.74. The first-order chi connectivity index (χ1) is 14.0.